The van der Waals surface area contributed by atoms with Gasteiger partial charge in [0.2, 0.25) is 0 Å². The maximum Gasteiger partial charge on any atom is 0.283 e. The standard InChI is InChI=1S/C12H17BrN6O/c1-8(2)6-19-12(20)11(13)9(4-16-19)14-5-10-15-7-18(3)17-10/h4,7-8,14H,5-6H2,1-3H3. The molecule has 0 aromatic carbocycles. The van der Waals surface area contributed by atoms with E-state index >= 15 is 0 Å². The Morgan fingerprint density at radius 1 is 1.45 bits per heavy atom. The predicted molar refractivity (Wildman–Crippen MR) is 79.4 cm³/mol. The molecule has 0 saturated carbocycles. The molecule has 2 aromatic heterocycles. The van der Waals surface area contributed by atoms with E-state index in [4.69, 9.17) is 0 Å². The molecule has 0 fully saturated rings. The molecule has 0 spiro atoms. The van der Waals surface area contributed by atoms with E-state index in [0.717, 1.165) is 0 Å². The van der Waals surface area contributed by atoms with E-state index < -0.39 is 0 Å². The normalized spacial score (nSPS) is 11.1. The minimum absolute atomic E-state index is 0.141. The molecule has 20 heavy (non-hydrogen) atoms. The van der Waals surface area contributed by atoms with Gasteiger partial charge in [-0.15, -0.1) is 0 Å². The highest BCUT2D eigenvalue weighted by atomic mass is 79.9. The van der Waals surface area contributed by atoms with Gasteiger partial charge >= 0.3 is 0 Å². The van der Waals surface area contributed by atoms with Crippen molar-refractivity contribution in [3.63, 3.8) is 0 Å². The Kier molecular flexibility index (Phi) is 4.53. The molecule has 2 rings (SSSR count). The van der Waals surface area contributed by atoms with Gasteiger partial charge in [-0.1, -0.05) is 13.8 Å². The van der Waals surface area contributed by atoms with E-state index in [0.29, 0.717) is 35.0 Å². The van der Waals surface area contributed by atoms with Gasteiger partial charge in [-0.2, -0.15) is 10.2 Å². The lowest BCUT2D eigenvalue weighted by Crippen LogP contribution is -2.26. The SMILES string of the molecule is CC(C)Cn1ncc(NCc2ncn(C)n2)c(Br)c1=O. The van der Waals surface area contributed by atoms with Crippen LogP contribution in [-0.2, 0) is 20.1 Å². The Hall–Kier alpha value is -1.70. The summed E-state index contributed by atoms with van der Waals surface area (Å²) in [6, 6.07) is 0. The molecule has 0 bridgehead atoms. The van der Waals surface area contributed by atoms with Crippen molar-refractivity contribution in [2.24, 2.45) is 13.0 Å². The smallest absolute Gasteiger partial charge is 0.283 e. The van der Waals surface area contributed by atoms with Crippen molar-refractivity contribution in [3.05, 3.63) is 33.2 Å². The third-order valence-electron chi connectivity index (χ3n) is 2.61. The van der Waals surface area contributed by atoms with Crippen molar-refractivity contribution in [2.75, 3.05) is 5.32 Å². The first kappa shape index (κ1) is 14.7. The van der Waals surface area contributed by atoms with E-state index in [1.54, 1.807) is 24.3 Å². The van der Waals surface area contributed by atoms with Gasteiger partial charge in [0.05, 0.1) is 18.4 Å². The van der Waals surface area contributed by atoms with E-state index in [1.165, 1.54) is 4.68 Å². The van der Waals surface area contributed by atoms with Crippen LogP contribution in [0.3, 0.4) is 0 Å². The lowest BCUT2D eigenvalue weighted by atomic mass is 10.2. The molecule has 108 valence electrons. The summed E-state index contributed by atoms with van der Waals surface area (Å²) in [5.41, 5.74) is 0.500. The third kappa shape index (κ3) is 3.44. The molecule has 0 saturated heterocycles. The van der Waals surface area contributed by atoms with Crippen molar-refractivity contribution in [3.8, 4) is 0 Å². The minimum atomic E-state index is -0.141. The first-order valence-corrected chi connectivity index (χ1v) is 7.10. The molecule has 0 unspecified atom stereocenters. The second kappa shape index (κ2) is 6.17. The summed E-state index contributed by atoms with van der Waals surface area (Å²) < 4.78 is 3.56. The summed E-state index contributed by atoms with van der Waals surface area (Å²) in [7, 11) is 1.81. The summed E-state index contributed by atoms with van der Waals surface area (Å²) >= 11 is 3.32. The van der Waals surface area contributed by atoms with Gasteiger partial charge in [0.1, 0.15) is 10.8 Å². The molecular weight excluding hydrogens is 324 g/mol. The van der Waals surface area contributed by atoms with E-state index in [9.17, 15) is 4.79 Å². The average molecular weight is 341 g/mol. The number of nitrogens with zero attached hydrogens (tertiary/aromatic N) is 5. The summed E-state index contributed by atoms with van der Waals surface area (Å²) in [6.07, 6.45) is 3.27. The Morgan fingerprint density at radius 3 is 2.80 bits per heavy atom. The summed E-state index contributed by atoms with van der Waals surface area (Å²) in [4.78, 5) is 16.2. The van der Waals surface area contributed by atoms with Crippen LogP contribution in [0.15, 0.2) is 21.8 Å². The van der Waals surface area contributed by atoms with Crippen LogP contribution < -0.4 is 10.9 Å². The molecule has 7 nitrogen and oxygen atoms in total. The quantitative estimate of drug-likeness (QED) is 0.890. The predicted octanol–water partition coefficient (Wildman–Crippen LogP) is 1.40. The van der Waals surface area contributed by atoms with E-state index in [1.807, 2.05) is 13.8 Å². The van der Waals surface area contributed by atoms with Crippen LogP contribution >= 0.6 is 15.9 Å². The molecule has 2 aromatic rings. The fourth-order valence-electron chi connectivity index (χ4n) is 1.70. The van der Waals surface area contributed by atoms with E-state index in [2.05, 4.69) is 36.4 Å². The van der Waals surface area contributed by atoms with Crippen LogP contribution in [0.1, 0.15) is 19.7 Å². The molecule has 0 radical (unpaired) electrons. The summed E-state index contributed by atoms with van der Waals surface area (Å²) in [5, 5.41) is 11.4. The van der Waals surface area contributed by atoms with Crippen LogP contribution in [0.4, 0.5) is 5.69 Å². The van der Waals surface area contributed by atoms with Crippen molar-refractivity contribution in [2.45, 2.75) is 26.9 Å². The molecule has 0 atom stereocenters. The number of hydrogen-bond acceptors (Lipinski definition) is 5. The van der Waals surface area contributed by atoms with Gasteiger partial charge in [-0.25, -0.2) is 9.67 Å². The van der Waals surface area contributed by atoms with Crippen molar-refractivity contribution in [1.29, 1.82) is 0 Å². The Bertz CT molecular complexity index is 648. The number of aryl methyl sites for hydroxylation is 1. The van der Waals surface area contributed by atoms with Crippen LogP contribution in [0.25, 0.3) is 0 Å². The third-order valence-corrected chi connectivity index (χ3v) is 3.37. The van der Waals surface area contributed by atoms with Gasteiger partial charge in [0, 0.05) is 13.6 Å². The van der Waals surface area contributed by atoms with Crippen LogP contribution in [0.5, 0.6) is 0 Å². The number of halogens is 1. The van der Waals surface area contributed by atoms with Gasteiger partial charge in [0.25, 0.3) is 5.56 Å². The first-order chi connectivity index (χ1) is 9.47. The highest BCUT2D eigenvalue weighted by molar-refractivity contribution is 9.10. The number of nitrogens with one attached hydrogen (secondary N) is 1. The van der Waals surface area contributed by atoms with Gasteiger partial charge in [-0.05, 0) is 21.8 Å². The zero-order valence-electron chi connectivity index (χ0n) is 11.7. The molecule has 0 aliphatic carbocycles. The van der Waals surface area contributed by atoms with Gasteiger partial charge < -0.3 is 5.32 Å². The molecule has 0 aliphatic rings. The molecular formula is C12H17BrN6O. The second-order valence-electron chi connectivity index (χ2n) is 4.94. The van der Waals surface area contributed by atoms with Crippen LogP contribution in [0, 0.1) is 5.92 Å². The average Bonchev–Trinajstić information content (AvgIpc) is 2.79. The van der Waals surface area contributed by atoms with Gasteiger partial charge in [0.15, 0.2) is 5.82 Å². The first-order valence-electron chi connectivity index (χ1n) is 6.31. The highest BCUT2D eigenvalue weighted by Gasteiger charge is 2.10. The van der Waals surface area contributed by atoms with Crippen LogP contribution in [0.2, 0.25) is 0 Å². The highest BCUT2D eigenvalue weighted by Crippen LogP contribution is 2.16. The molecule has 0 amide bonds. The minimum Gasteiger partial charge on any atom is -0.375 e. The summed E-state index contributed by atoms with van der Waals surface area (Å²) in [6.45, 7) is 5.12. The number of aromatic nitrogens is 5. The molecule has 1 N–H and O–H groups in total. The van der Waals surface area contributed by atoms with Crippen molar-refractivity contribution < 1.29 is 0 Å². The summed E-state index contributed by atoms with van der Waals surface area (Å²) in [5.74, 6) is 1.02. The molecule has 0 aliphatic heterocycles. The molecule has 8 heteroatoms. The van der Waals surface area contributed by atoms with Crippen molar-refractivity contribution >= 4 is 21.6 Å². The lowest BCUT2D eigenvalue weighted by Gasteiger charge is -2.10. The zero-order chi connectivity index (χ0) is 14.7. The van der Waals surface area contributed by atoms with E-state index in [-0.39, 0.29) is 5.56 Å². The largest absolute Gasteiger partial charge is 0.375 e. The Labute approximate surface area is 125 Å². The Morgan fingerprint density at radius 2 is 2.20 bits per heavy atom. The maximum atomic E-state index is 12.1. The Balaban J connectivity index is 2.13. The molecule has 2 heterocycles. The number of hydrogen-bond donors (Lipinski definition) is 1. The number of anilines is 1. The van der Waals surface area contributed by atoms with Gasteiger partial charge in [-0.3, -0.25) is 9.48 Å². The zero-order valence-corrected chi connectivity index (χ0v) is 13.3. The number of rotatable bonds is 5. The lowest BCUT2D eigenvalue weighted by molar-refractivity contribution is 0.462. The van der Waals surface area contributed by atoms with Crippen molar-refractivity contribution in [1.82, 2.24) is 24.5 Å². The fraction of sp³-hybridized carbons (Fsp3) is 0.500. The monoisotopic (exact) mass is 340 g/mol. The maximum absolute atomic E-state index is 12.1. The topological polar surface area (TPSA) is 77.6 Å². The van der Waals surface area contributed by atoms with Crippen LogP contribution in [-0.4, -0.2) is 24.5 Å². The second-order valence-corrected chi connectivity index (χ2v) is 5.73. The fourth-order valence-corrected chi connectivity index (χ4v) is 2.15.